The van der Waals surface area contributed by atoms with E-state index in [1.54, 1.807) is 69.2 Å². The van der Waals surface area contributed by atoms with Crippen molar-refractivity contribution in [1.82, 2.24) is 18.7 Å². The molecule has 2 aliphatic heterocycles. The number of fused-ring (bicyclic) bond motifs is 1. The fourth-order valence-corrected chi connectivity index (χ4v) is 7.90. The lowest BCUT2D eigenvalue weighted by Gasteiger charge is -2.23. The van der Waals surface area contributed by atoms with Crippen LogP contribution in [0, 0.1) is 19.8 Å². The molecule has 61 heavy (non-hydrogen) atoms. The fraction of sp³-hybridized carbons (Fsp3) is 0.467. The first-order valence-electron chi connectivity index (χ1n) is 20.4. The zero-order valence-corrected chi connectivity index (χ0v) is 34.7. The monoisotopic (exact) mass is 855 g/mol. The first-order chi connectivity index (χ1) is 28.9. The lowest BCUT2D eigenvalue weighted by molar-refractivity contribution is -0.136. The Balaban J connectivity index is 0.000000204. The standard InChI is InChI=1S/C23H27F3N2O3.C22H24F3N3O2/c1-15-11-19(14-28(2)22(15)30)17-3-4-18(13-21(29)16-5-9-31-10-6-16)20(12-17)27-8-7-23(24,25)26;1-14-11-17(13-27(2)21(14)29)16-3-4-18-19(12-16)28(8-7-22(23,24)25)20(26-18)15-5-9-30-10-6-15/h3-4,11-12,14,16,27H,5-10,13H2,1-2H3;3-4,11-13,15H,5-10H2,1-2H3. The van der Waals surface area contributed by atoms with Gasteiger partial charge in [0, 0.05) is 101 Å². The Bertz CT molecular complexity index is 2410. The van der Waals surface area contributed by atoms with Crippen LogP contribution >= 0.6 is 0 Å². The van der Waals surface area contributed by atoms with Crippen molar-refractivity contribution in [3.05, 3.63) is 104 Å². The van der Waals surface area contributed by atoms with Crippen molar-refractivity contribution >= 4 is 22.5 Å². The molecule has 10 nitrogen and oxygen atoms in total. The summed E-state index contributed by atoms with van der Waals surface area (Å²) in [5.74, 6) is 0.782. The summed E-state index contributed by atoms with van der Waals surface area (Å²) < 4.78 is 92.4. The molecule has 1 N–H and O–H groups in total. The Morgan fingerprint density at radius 3 is 1.84 bits per heavy atom. The van der Waals surface area contributed by atoms with Gasteiger partial charge in [0.2, 0.25) is 0 Å². The van der Waals surface area contributed by atoms with E-state index in [1.807, 2.05) is 24.3 Å². The highest BCUT2D eigenvalue weighted by Gasteiger charge is 2.30. The van der Waals surface area contributed by atoms with Crippen LogP contribution in [0.3, 0.4) is 0 Å². The van der Waals surface area contributed by atoms with Crippen molar-refractivity contribution in [2.45, 2.75) is 83.6 Å². The Kier molecular flexibility index (Phi) is 14.3. The summed E-state index contributed by atoms with van der Waals surface area (Å²) in [5.41, 5.74) is 6.78. The van der Waals surface area contributed by atoms with Crippen LogP contribution < -0.4 is 16.4 Å². The largest absolute Gasteiger partial charge is 0.390 e. The molecule has 0 spiro atoms. The van der Waals surface area contributed by atoms with Gasteiger partial charge in [0.25, 0.3) is 11.1 Å². The first kappa shape index (κ1) is 45.3. The minimum atomic E-state index is -4.27. The lowest BCUT2D eigenvalue weighted by atomic mass is 9.90. The topological polar surface area (TPSA) is 109 Å². The SMILES string of the molecule is Cc1cc(-c2ccc(CC(=O)C3CCOCC3)c(NCCC(F)(F)F)c2)cn(C)c1=O.Cc1cc(-c2ccc3nc(C4CCOCC4)n(CCC(F)(F)F)c3c2)cn(C)c1=O. The number of imidazole rings is 1. The second-order valence-electron chi connectivity index (χ2n) is 15.9. The van der Waals surface area contributed by atoms with Crippen molar-refractivity contribution in [1.29, 1.82) is 0 Å². The van der Waals surface area contributed by atoms with Crippen LogP contribution in [0.25, 0.3) is 33.3 Å². The van der Waals surface area contributed by atoms with E-state index >= 15 is 0 Å². The number of hydrogen-bond acceptors (Lipinski definition) is 7. The summed E-state index contributed by atoms with van der Waals surface area (Å²) in [5, 5.41) is 2.86. The molecule has 0 aliphatic carbocycles. The van der Waals surface area contributed by atoms with Gasteiger partial charge in [-0.3, -0.25) is 14.4 Å². The van der Waals surface area contributed by atoms with E-state index < -0.39 is 25.2 Å². The molecule has 7 rings (SSSR count). The van der Waals surface area contributed by atoms with Crippen molar-refractivity contribution in [2.24, 2.45) is 20.0 Å². The highest BCUT2D eigenvalue weighted by molar-refractivity contribution is 5.86. The summed E-state index contributed by atoms with van der Waals surface area (Å²) in [7, 11) is 3.34. The summed E-state index contributed by atoms with van der Waals surface area (Å²) in [4.78, 5) is 41.4. The van der Waals surface area contributed by atoms with Gasteiger partial charge in [0.1, 0.15) is 11.6 Å². The predicted octanol–water partition coefficient (Wildman–Crippen LogP) is 8.82. The molecule has 0 unspecified atom stereocenters. The number of nitrogens with one attached hydrogen (secondary N) is 1. The van der Waals surface area contributed by atoms with Gasteiger partial charge in [0.15, 0.2) is 0 Å². The number of halogens is 6. The molecule has 0 atom stereocenters. The minimum absolute atomic E-state index is 0.0724. The number of carbonyl (C=O) groups excluding carboxylic acids is 1. The second kappa shape index (κ2) is 19.2. The number of alkyl halides is 6. The number of aryl methyl sites for hydroxylation is 5. The van der Waals surface area contributed by atoms with Crippen LogP contribution in [-0.2, 0) is 41.3 Å². The number of aromatic nitrogens is 4. The number of rotatable bonds is 11. The number of carbonyl (C=O) groups is 1. The average molecular weight is 856 g/mol. The quantitative estimate of drug-likeness (QED) is 0.132. The molecule has 0 saturated carbocycles. The number of anilines is 1. The van der Waals surface area contributed by atoms with Gasteiger partial charge in [-0.05, 0) is 97.7 Å². The molecule has 2 aromatic carbocycles. The van der Waals surface area contributed by atoms with Crippen molar-refractivity contribution in [3.8, 4) is 22.3 Å². The fourth-order valence-electron chi connectivity index (χ4n) is 7.90. The molecule has 328 valence electrons. The summed E-state index contributed by atoms with van der Waals surface area (Å²) in [6, 6.07) is 14.5. The maximum absolute atomic E-state index is 13.0. The first-order valence-corrected chi connectivity index (χ1v) is 20.4. The highest BCUT2D eigenvalue weighted by atomic mass is 19.4. The maximum atomic E-state index is 13.0. The molecule has 0 radical (unpaired) electrons. The molecule has 0 amide bonds. The van der Waals surface area contributed by atoms with Crippen molar-refractivity contribution < 1.29 is 40.6 Å². The molecular formula is C45H51F6N5O5. The number of ether oxygens (including phenoxy) is 2. The van der Waals surface area contributed by atoms with Gasteiger partial charge in [-0.1, -0.05) is 18.2 Å². The minimum Gasteiger partial charge on any atom is -0.384 e. The van der Waals surface area contributed by atoms with E-state index in [1.165, 1.54) is 9.13 Å². The molecule has 3 aromatic heterocycles. The van der Waals surface area contributed by atoms with E-state index in [9.17, 15) is 40.7 Å². The summed E-state index contributed by atoms with van der Waals surface area (Å²) in [6.45, 7) is 5.32. The van der Waals surface area contributed by atoms with Crippen LogP contribution in [0.4, 0.5) is 32.0 Å². The van der Waals surface area contributed by atoms with E-state index in [0.717, 1.165) is 35.1 Å². The zero-order valence-electron chi connectivity index (χ0n) is 34.7. The van der Waals surface area contributed by atoms with Gasteiger partial charge in [-0.2, -0.15) is 26.3 Å². The second-order valence-corrected chi connectivity index (χ2v) is 15.9. The number of benzene rings is 2. The van der Waals surface area contributed by atoms with Crippen molar-refractivity contribution in [2.75, 3.05) is 38.3 Å². The third-order valence-electron chi connectivity index (χ3n) is 11.2. The van der Waals surface area contributed by atoms with Gasteiger partial charge >= 0.3 is 12.4 Å². The smallest absolute Gasteiger partial charge is 0.384 e. The molecular weight excluding hydrogens is 805 g/mol. The van der Waals surface area contributed by atoms with Crippen molar-refractivity contribution in [3.63, 3.8) is 0 Å². The molecule has 2 aliphatic rings. The van der Waals surface area contributed by atoms with E-state index in [2.05, 4.69) is 5.32 Å². The third kappa shape index (κ3) is 11.8. The third-order valence-corrected chi connectivity index (χ3v) is 11.2. The Morgan fingerprint density at radius 2 is 1.28 bits per heavy atom. The zero-order chi connectivity index (χ0) is 44.1. The van der Waals surface area contributed by atoms with Crippen LogP contribution in [-0.4, -0.2) is 69.8 Å². The lowest BCUT2D eigenvalue weighted by Crippen LogP contribution is -2.25. The number of hydrogen-bond donors (Lipinski definition) is 1. The van der Waals surface area contributed by atoms with Crippen LogP contribution in [0.1, 0.15) is 67.0 Å². The highest BCUT2D eigenvalue weighted by Crippen LogP contribution is 2.34. The van der Waals surface area contributed by atoms with E-state index in [-0.39, 0.29) is 48.2 Å². The van der Waals surface area contributed by atoms with Crippen LogP contribution in [0.15, 0.2) is 70.5 Å². The average Bonchev–Trinajstić information content (AvgIpc) is 3.59. The predicted molar refractivity (Wildman–Crippen MR) is 222 cm³/mol. The Labute approximate surface area is 349 Å². The van der Waals surface area contributed by atoms with Crippen LogP contribution in [0.2, 0.25) is 0 Å². The molecule has 0 bridgehead atoms. The van der Waals surface area contributed by atoms with Crippen LogP contribution in [0.5, 0.6) is 0 Å². The summed E-state index contributed by atoms with van der Waals surface area (Å²) in [6.07, 6.45) is -3.94. The number of pyridine rings is 2. The Morgan fingerprint density at radius 1 is 0.738 bits per heavy atom. The molecule has 2 fully saturated rings. The maximum Gasteiger partial charge on any atom is 0.390 e. The number of Topliss-reactive ketones (excluding diaryl/α,β-unsaturated/α-hetero) is 1. The molecule has 5 aromatic rings. The summed E-state index contributed by atoms with van der Waals surface area (Å²) >= 11 is 0. The van der Waals surface area contributed by atoms with E-state index in [0.29, 0.717) is 78.5 Å². The Hall–Kier alpha value is -5.22. The van der Waals surface area contributed by atoms with Gasteiger partial charge < -0.3 is 28.5 Å². The van der Waals surface area contributed by atoms with Gasteiger partial charge in [-0.15, -0.1) is 0 Å². The van der Waals surface area contributed by atoms with E-state index in [4.69, 9.17) is 14.5 Å². The van der Waals surface area contributed by atoms with Gasteiger partial charge in [-0.25, -0.2) is 4.98 Å². The van der Waals surface area contributed by atoms with Gasteiger partial charge in [0.05, 0.1) is 23.9 Å². The molecule has 5 heterocycles. The molecule has 16 heteroatoms. The normalized spacial score (nSPS) is 15.4. The number of nitrogens with zero attached hydrogens (tertiary/aromatic N) is 4. The number of ketones is 1. The molecule has 2 saturated heterocycles.